The third kappa shape index (κ3) is 6.76. The van der Waals surface area contributed by atoms with Crippen LogP contribution in [0, 0.1) is 0 Å². The lowest BCUT2D eigenvalue weighted by molar-refractivity contribution is 0.101. The van der Waals surface area contributed by atoms with E-state index in [0.29, 0.717) is 17.5 Å². The Bertz CT molecular complexity index is 1240. The van der Waals surface area contributed by atoms with E-state index in [1.807, 2.05) is 135 Å². The normalized spacial score (nSPS) is 10.5. The van der Waals surface area contributed by atoms with Crippen molar-refractivity contribution in [2.24, 2.45) is 0 Å². The third-order valence-electron chi connectivity index (χ3n) is 6.12. The molecule has 0 aliphatic carbocycles. The first kappa shape index (κ1) is 25.5. The lowest BCUT2D eigenvalue weighted by atomic mass is 10.0. The average Bonchev–Trinajstić information content (AvgIpc) is 2.90. The Morgan fingerprint density at radius 2 is 0.838 bits per heavy atom. The maximum Gasteiger partial charge on any atom is 0.255 e. The van der Waals surface area contributed by atoms with Gasteiger partial charge in [0.1, 0.15) is 0 Å². The summed E-state index contributed by atoms with van der Waals surface area (Å²) in [5, 5.41) is 5.88. The highest BCUT2D eigenvalue weighted by atomic mass is 16.2. The molecule has 4 rings (SSSR count). The van der Waals surface area contributed by atoms with E-state index in [9.17, 15) is 9.59 Å². The van der Waals surface area contributed by atoms with Crippen LogP contribution in [0.2, 0.25) is 0 Å². The number of amides is 2. The number of nitrogens with one attached hydrogen (secondary N) is 2. The van der Waals surface area contributed by atoms with Crippen molar-refractivity contribution >= 4 is 34.6 Å². The molecule has 0 aliphatic rings. The van der Waals surface area contributed by atoms with Gasteiger partial charge in [-0.05, 0) is 90.3 Å². The summed E-state index contributed by atoms with van der Waals surface area (Å²) in [5.41, 5.74) is 7.05. The summed E-state index contributed by atoms with van der Waals surface area (Å²) in [6.45, 7) is 0. The van der Waals surface area contributed by atoms with Crippen LogP contribution in [0.3, 0.4) is 0 Å². The van der Waals surface area contributed by atoms with Gasteiger partial charge >= 0.3 is 0 Å². The van der Waals surface area contributed by atoms with E-state index in [1.165, 1.54) is 0 Å². The average molecular weight is 493 g/mol. The van der Waals surface area contributed by atoms with Crippen molar-refractivity contribution < 1.29 is 9.59 Å². The first-order valence-electron chi connectivity index (χ1n) is 12.1. The maximum absolute atomic E-state index is 12.6. The first-order valence-corrected chi connectivity index (χ1v) is 12.1. The fraction of sp³-hybridized carbons (Fsp3) is 0.161. The molecule has 0 aromatic heterocycles. The van der Waals surface area contributed by atoms with Crippen LogP contribution in [-0.4, -0.2) is 40.0 Å². The Morgan fingerprint density at radius 1 is 0.514 bits per heavy atom. The maximum atomic E-state index is 12.6. The largest absolute Gasteiger partial charge is 0.378 e. The minimum absolute atomic E-state index is 0.143. The second-order valence-electron chi connectivity index (χ2n) is 9.36. The molecule has 0 fully saturated rings. The van der Waals surface area contributed by atoms with Gasteiger partial charge in [-0.15, -0.1) is 0 Å². The summed E-state index contributed by atoms with van der Waals surface area (Å²) in [6.07, 6.45) is 0.710. The molecule has 2 N–H and O–H groups in total. The number of hydrogen-bond donors (Lipinski definition) is 2. The summed E-state index contributed by atoms with van der Waals surface area (Å²) < 4.78 is 0. The molecule has 0 spiro atoms. The van der Waals surface area contributed by atoms with E-state index < -0.39 is 0 Å². The van der Waals surface area contributed by atoms with E-state index in [-0.39, 0.29) is 11.8 Å². The van der Waals surface area contributed by atoms with Gasteiger partial charge in [-0.1, -0.05) is 24.3 Å². The van der Waals surface area contributed by atoms with Crippen molar-refractivity contribution in [1.82, 2.24) is 0 Å². The molecule has 4 aromatic rings. The highest BCUT2D eigenvalue weighted by Crippen LogP contribution is 2.19. The zero-order valence-electron chi connectivity index (χ0n) is 21.7. The highest BCUT2D eigenvalue weighted by molar-refractivity contribution is 6.05. The second kappa shape index (κ2) is 11.4. The molecular weight excluding hydrogens is 460 g/mol. The molecule has 188 valence electrons. The van der Waals surface area contributed by atoms with Gasteiger partial charge in [0, 0.05) is 62.1 Å². The van der Waals surface area contributed by atoms with Crippen LogP contribution in [0.5, 0.6) is 0 Å². The lowest BCUT2D eigenvalue weighted by Gasteiger charge is -2.13. The summed E-state index contributed by atoms with van der Waals surface area (Å²) in [6, 6.07) is 30.6. The van der Waals surface area contributed by atoms with Gasteiger partial charge in [0.15, 0.2) is 0 Å². The van der Waals surface area contributed by atoms with Crippen molar-refractivity contribution in [2.75, 3.05) is 48.6 Å². The molecule has 4 aromatic carbocycles. The van der Waals surface area contributed by atoms with E-state index in [1.54, 1.807) is 0 Å². The summed E-state index contributed by atoms with van der Waals surface area (Å²) >= 11 is 0. The molecule has 0 saturated carbocycles. The smallest absolute Gasteiger partial charge is 0.255 e. The molecule has 0 aliphatic heterocycles. The fourth-order valence-corrected chi connectivity index (χ4v) is 3.88. The zero-order valence-corrected chi connectivity index (χ0v) is 21.7. The van der Waals surface area contributed by atoms with Crippen LogP contribution < -0.4 is 20.4 Å². The van der Waals surface area contributed by atoms with E-state index in [2.05, 4.69) is 10.6 Å². The number of benzene rings is 4. The van der Waals surface area contributed by atoms with Crippen LogP contribution >= 0.6 is 0 Å². The molecule has 0 bridgehead atoms. The molecule has 0 unspecified atom stereocenters. The quantitative estimate of drug-likeness (QED) is 0.321. The van der Waals surface area contributed by atoms with Gasteiger partial charge in [0.2, 0.25) is 0 Å². The van der Waals surface area contributed by atoms with Crippen molar-refractivity contribution in [2.45, 2.75) is 6.42 Å². The number of carbonyl (C=O) groups excluding carboxylic acids is 2. The topological polar surface area (TPSA) is 64.7 Å². The Morgan fingerprint density at radius 3 is 1.14 bits per heavy atom. The highest BCUT2D eigenvalue weighted by Gasteiger charge is 2.09. The Kier molecular flexibility index (Phi) is 7.89. The first-order chi connectivity index (χ1) is 17.8. The summed E-state index contributed by atoms with van der Waals surface area (Å²) in [4.78, 5) is 29.3. The van der Waals surface area contributed by atoms with Crippen molar-refractivity contribution in [3.05, 3.63) is 119 Å². The van der Waals surface area contributed by atoms with E-state index >= 15 is 0 Å². The standard InChI is InChI=1S/C31H32N4O2/c1-34(2)28-17-13-26(14-18-28)32-30(36)24-9-5-22(6-10-24)21-23-7-11-25(12-8-23)31(37)33-27-15-19-29(20-16-27)35(3)4/h5-20H,21H2,1-4H3,(H,32,36)(H,33,37). The minimum atomic E-state index is -0.143. The molecule has 6 heteroatoms. The minimum Gasteiger partial charge on any atom is -0.378 e. The van der Waals surface area contributed by atoms with Crippen molar-refractivity contribution in [3.63, 3.8) is 0 Å². The van der Waals surface area contributed by atoms with E-state index in [4.69, 9.17) is 0 Å². The predicted molar refractivity (Wildman–Crippen MR) is 153 cm³/mol. The van der Waals surface area contributed by atoms with E-state index in [0.717, 1.165) is 33.9 Å². The van der Waals surface area contributed by atoms with Crippen LogP contribution in [0.1, 0.15) is 31.8 Å². The van der Waals surface area contributed by atoms with Crippen LogP contribution in [-0.2, 0) is 6.42 Å². The predicted octanol–water partition coefficient (Wildman–Crippen LogP) is 5.91. The summed E-state index contributed by atoms with van der Waals surface area (Å²) in [7, 11) is 7.92. The summed E-state index contributed by atoms with van der Waals surface area (Å²) in [5.74, 6) is -0.285. The number of anilines is 4. The fourth-order valence-electron chi connectivity index (χ4n) is 3.88. The van der Waals surface area contributed by atoms with Crippen molar-refractivity contribution in [3.8, 4) is 0 Å². The number of hydrogen-bond acceptors (Lipinski definition) is 4. The monoisotopic (exact) mass is 492 g/mol. The van der Waals surface area contributed by atoms with Gasteiger partial charge in [-0.3, -0.25) is 9.59 Å². The van der Waals surface area contributed by atoms with Gasteiger partial charge < -0.3 is 20.4 Å². The molecule has 0 atom stereocenters. The molecule has 0 radical (unpaired) electrons. The lowest BCUT2D eigenvalue weighted by Crippen LogP contribution is -2.13. The Hall–Kier alpha value is -4.58. The van der Waals surface area contributed by atoms with Gasteiger partial charge in [-0.2, -0.15) is 0 Å². The van der Waals surface area contributed by atoms with Crippen LogP contribution in [0.4, 0.5) is 22.7 Å². The zero-order chi connectivity index (χ0) is 26.4. The van der Waals surface area contributed by atoms with Crippen LogP contribution in [0.25, 0.3) is 0 Å². The van der Waals surface area contributed by atoms with Crippen molar-refractivity contribution in [1.29, 1.82) is 0 Å². The number of nitrogens with zero attached hydrogens (tertiary/aromatic N) is 2. The second-order valence-corrected chi connectivity index (χ2v) is 9.36. The Labute approximate surface area is 218 Å². The van der Waals surface area contributed by atoms with Crippen LogP contribution in [0.15, 0.2) is 97.1 Å². The van der Waals surface area contributed by atoms with Gasteiger partial charge in [0.25, 0.3) is 11.8 Å². The molecule has 6 nitrogen and oxygen atoms in total. The Balaban J connectivity index is 1.32. The number of carbonyl (C=O) groups is 2. The molecule has 37 heavy (non-hydrogen) atoms. The molecule has 0 saturated heterocycles. The molecule has 2 amide bonds. The number of rotatable bonds is 8. The van der Waals surface area contributed by atoms with Gasteiger partial charge in [-0.25, -0.2) is 0 Å². The third-order valence-corrected chi connectivity index (χ3v) is 6.12. The SMILES string of the molecule is CN(C)c1ccc(NC(=O)c2ccc(Cc3ccc(C(=O)Nc4ccc(N(C)C)cc4)cc3)cc2)cc1. The molecule has 0 heterocycles. The molecular formula is C31H32N4O2. The van der Waals surface area contributed by atoms with Gasteiger partial charge in [0.05, 0.1) is 0 Å².